The lowest BCUT2D eigenvalue weighted by atomic mass is 10.1. The van der Waals surface area contributed by atoms with Crippen LogP contribution in [0.3, 0.4) is 0 Å². The van der Waals surface area contributed by atoms with Gasteiger partial charge < -0.3 is 9.80 Å². The van der Waals surface area contributed by atoms with Gasteiger partial charge in [0.15, 0.2) is 5.78 Å². The van der Waals surface area contributed by atoms with Crippen LogP contribution in [-0.4, -0.2) is 36.9 Å². The molecule has 1 aliphatic heterocycles. The van der Waals surface area contributed by atoms with Crippen molar-refractivity contribution in [1.82, 2.24) is 4.90 Å². The van der Waals surface area contributed by atoms with Crippen molar-refractivity contribution in [3.05, 3.63) is 72.6 Å². The third-order valence-corrected chi connectivity index (χ3v) is 4.23. The highest BCUT2D eigenvalue weighted by molar-refractivity contribution is 5.94. The average molecular weight is 334 g/mol. The van der Waals surface area contributed by atoms with Crippen molar-refractivity contribution in [2.24, 2.45) is 10.2 Å². The van der Waals surface area contributed by atoms with Crippen molar-refractivity contribution in [3.8, 4) is 0 Å². The van der Waals surface area contributed by atoms with Crippen LogP contribution < -0.4 is 4.90 Å². The van der Waals surface area contributed by atoms with Crippen LogP contribution in [0.1, 0.15) is 17.3 Å². The number of carbonyl (C=O) groups excluding carboxylic acids is 1. The maximum atomic E-state index is 11.3. The van der Waals surface area contributed by atoms with E-state index in [-0.39, 0.29) is 5.78 Å². The molecule has 0 amide bonds. The molecule has 1 aliphatic rings. The van der Waals surface area contributed by atoms with Gasteiger partial charge in [0, 0.05) is 43.6 Å². The molecule has 2 aromatic carbocycles. The molecule has 1 fully saturated rings. The zero-order valence-corrected chi connectivity index (χ0v) is 14.4. The monoisotopic (exact) mass is 334 g/mol. The Morgan fingerprint density at radius 1 is 0.960 bits per heavy atom. The van der Waals surface area contributed by atoms with E-state index in [0.29, 0.717) is 0 Å². The van der Waals surface area contributed by atoms with E-state index in [1.54, 1.807) is 13.1 Å². The number of rotatable bonds is 5. The number of hydrogen-bond donors (Lipinski definition) is 0. The Balaban J connectivity index is 1.49. The summed E-state index contributed by atoms with van der Waals surface area (Å²) in [6.45, 7) is 5.35. The van der Waals surface area contributed by atoms with Crippen molar-refractivity contribution in [2.45, 2.75) is 6.92 Å². The molecule has 0 aliphatic carbocycles. The van der Waals surface area contributed by atoms with Gasteiger partial charge in [0.25, 0.3) is 0 Å². The fourth-order valence-electron chi connectivity index (χ4n) is 2.75. The number of nitrogens with zero attached hydrogens (tertiary/aromatic N) is 4. The maximum Gasteiger partial charge on any atom is 0.159 e. The summed E-state index contributed by atoms with van der Waals surface area (Å²) in [7, 11) is 0. The first kappa shape index (κ1) is 16.9. The Bertz CT molecular complexity index is 745. The lowest BCUT2D eigenvalue weighted by Gasteiger charge is -2.35. The molecule has 0 saturated carbocycles. The molecular formula is C20H22N4O. The Morgan fingerprint density at radius 3 is 2.28 bits per heavy atom. The molecular weight excluding hydrogens is 312 g/mol. The Morgan fingerprint density at radius 2 is 1.64 bits per heavy atom. The molecule has 0 aromatic heterocycles. The average Bonchev–Trinajstić information content (AvgIpc) is 2.67. The molecule has 2 aromatic rings. The topological polar surface area (TPSA) is 48.3 Å². The number of piperazine rings is 1. The minimum Gasteiger partial charge on any atom is -0.373 e. The minimum atomic E-state index is 0.103. The molecule has 0 radical (unpaired) electrons. The Labute approximate surface area is 148 Å². The van der Waals surface area contributed by atoms with Gasteiger partial charge in [-0.05, 0) is 43.3 Å². The summed E-state index contributed by atoms with van der Waals surface area (Å²) in [6, 6.07) is 17.5. The largest absolute Gasteiger partial charge is 0.373 e. The van der Waals surface area contributed by atoms with Crippen LogP contribution in [0.2, 0.25) is 0 Å². The van der Waals surface area contributed by atoms with E-state index in [4.69, 9.17) is 0 Å². The normalized spacial score (nSPS) is 15.2. The summed E-state index contributed by atoms with van der Waals surface area (Å²) in [5.41, 5.74) is 2.78. The second-order valence-corrected chi connectivity index (χ2v) is 5.98. The number of Topliss-reactive ketones (excluding diaryl/α,β-unsaturated/α-hetero) is 1. The van der Waals surface area contributed by atoms with Gasteiger partial charge in [0.2, 0.25) is 0 Å². The number of ketones is 1. The van der Waals surface area contributed by atoms with Crippen LogP contribution in [0.25, 0.3) is 0 Å². The van der Waals surface area contributed by atoms with E-state index in [0.717, 1.165) is 43.1 Å². The number of anilines is 1. The predicted octanol–water partition coefficient (Wildman–Crippen LogP) is 4.27. The third-order valence-electron chi connectivity index (χ3n) is 4.23. The lowest BCUT2D eigenvalue weighted by Crippen LogP contribution is -2.44. The van der Waals surface area contributed by atoms with E-state index in [9.17, 15) is 4.79 Å². The molecule has 1 saturated heterocycles. The smallest absolute Gasteiger partial charge is 0.159 e. The molecule has 0 spiro atoms. The highest BCUT2D eigenvalue weighted by Gasteiger charge is 2.14. The van der Waals surface area contributed by atoms with Gasteiger partial charge in [-0.2, -0.15) is 10.2 Å². The van der Waals surface area contributed by atoms with Crippen LogP contribution in [-0.2, 0) is 0 Å². The first-order valence-corrected chi connectivity index (χ1v) is 8.45. The SMILES string of the molecule is CC(=O)c1ccc(N2CCN(C=CN=Nc3ccccc3)CC2)cc1. The van der Waals surface area contributed by atoms with E-state index in [1.165, 1.54) is 0 Å². The van der Waals surface area contributed by atoms with Crippen LogP contribution >= 0.6 is 0 Å². The maximum absolute atomic E-state index is 11.3. The van der Waals surface area contributed by atoms with Gasteiger partial charge in [-0.1, -0.05) is 18.2 Å². The summed E-state index contributed by atoms with van der Waals surface area (Å²) < 4.78 is 0. The van der Waals surface area contributed by atoms with E-state index in [2.05, 4.69) is 20.0 Å². The Hall–Kier alpha value is -2.95. The lowest BCUT2D eigenvalue weighted by molar-refractivity contribution is 0.101. The number of hydrogen-bond acceptors (Lipinski definition) is 5. The van der Waals surface area contributed by atoms with Gasteiger partial charge >= 0.3 is 0 Å². The van der Waals surface area contributed by atoms with Crippen LogP contribution in [0.4, 0.5) is 11.4 Å². The van der Waals surface area contributed by atoms with Gasteiger partial charge in [-0.25, -0.2) is 0 Å². The molecule has 0 unspecified atom stereocenters. The number of azo groups is 1. The quantitative estimate of drug-likeness (QED) is 0.606. The highest BCUT2D eigenvalue weighted by atomic mass is 16.1. The van der Waals surface area contributed by atoms with E-state index < -0.39 is 0 Å². The molecule has 1 heterocycles. The van der Waals surface area contributed by atoms with Gasteiger partial charge in [0.1, 0.15) is 0 Å². The second-order valence-electron chi connectivity index (χ2n) is 5.98. The summed E-state index contributed by atoms with van der Waals surface area (Å²) in [4.78, 5) is 15.9. The molecule has 5 heteroatoms. The summed E-state index contributed by atoms with van der Waals surface area (Å²) in [5.74, 6) is 0.103. The molecule has 128 valence electrons. The molecule has 0 atom stereocenters. The third kappa shape index (κ3) is 4.76. The molecule has 3 rings (SSSR count). The summed E-state index contributed by atoms with van der Waals surface area (Å²) >= 11 is 0. The van der Waals surface area contributed by atoms with E-state index >= 15 is 0 Å². The standard InChI is InChI=1S/C20H22N4O/c1-17(25)18-7-9-20(10-8-18)24-15-13-23(14-16-24)12-11-21-22-19-5-3-2-4-6-19/h2-12H,13-16H2,1H3. The van der Waals surface area contributed by atoms with Gasteiger partial charge in [0.05, 0.1) is 11.9 Å². The first-order chi connectivity index (χ1) is 12.2. The first-order valence-electron chi connectivity index (χ1n) is 8.45. The molecule has 0 N–H and O–H groups in total. The van der Waals surface area contributed by atoms with Crippen molar-refractivity contribution in [1.29, 1.82) is 0 Å². The van der Waals surface area contributed by atoms with Crippen molar-refractivity contribution < 1.29 is 4.79 Å². The number of benzene rings is 2. The van der Waals surface area contributed by atoms with Crippen LogP contribution in [0.15, 0.2) is 77.2 Å². The predicted molar refractivity (Wildman–Crippen MR) is 100 cm³/mol. The molecule has 0 bridgehead atoms. The van der Waals surface area contributed by atoms with Crippen molar-refractivity contribution in [2.75, 3.05) is 31.1 Å². The van der Waals surface area contributed by atoms with Gasteiger partial charge in [-0.15, -0.1) is 0 Å². The highest BCUT2D eigenvalue weighted by Crippen LogP contribution is 2.18. The molecule has 5 nitrogen and oxygen atoms in total. The van der Waals surface area contributed by atoms with E-state index in [1.807, 2.05) is 60.8 Å². The van der Waals surface area contributed by atoms with Crippen LogP contribution in [0.5, 0.6) is 0 Å². The summed E-state index contributed by atoms with van der Waals surface area (Å²) in [6.07, 6.45) is 3.73. The zero-order chi connectivity index (χ0) is 17.5. The van der Waals surface area contributed by atoms with Crippen molar-refractivity contribution in [3.63, 3.8) is 0 Å². The second kappa shape index (κ2) is 8.24. The van der Waals surface area contributed by atoms with Gasteiger partial charge in [-0.3, -0.25) is 4.79 Å². The number of carbonyl (C=O) groups is 1. The fraction of sp³-hybridized carbons (Fsp3) is 0.250. The summed E-state index contributed by atoms with van der Waals surface area (Å²) in [5, 5.41) is 8.25. The fourth-order valence-corrected chi connectivity index (χ4v) is 2.75. The minimum absolute atomic E-state index is 0.103. The zero-order valence-electron chi connectivity index (χ0n) is 14.4. The van der Waals surface area contributed by atoms with Crippen molar-refractivity contribution >= 4 is 17.2 Å². The molecule has 25 heavy (non-hydrogen) atoms. The Kier molecular flexibility index (Phi) is 5.57. The van der Waals surface area contributed by atoms with Crippen LogP contribution in [0, 0.1) is 0 Å².